The summed E-state index contributed by atoms with van der Waals surface area (Å²) in [6.45, 7) is 0. The average Bonchev–Trinajstić information content (AvgIpc) is 2.87. The van der Waals surface area contributed by atoms with Gasteiger partial charge in [-0.1, -0.05) is 24.3 Å². The van der Waals surface area contributed by atoms with E-state index < -0.39 is 5.91 Å². The van der Waals surface area contributed by atoms with Crippen molar-refractivity contribution in [3.05, 3.63) is 71.3 Å². The van der Waals surface area contributed by atoms with Crippen molar-refractivity contribution in [3.8, 4) is 28.7 Å². The molecule has 35 heavy (non-hydrogen) atoms. The molecular weight excluding hydrogens is 448 g/mol. The number of ether oxygens (including phenoxy) is 4. The monoisotopic (exact) mass is 476 g/mol. The zero-order valence-corrected chi connectivity index (χ0v) is 20.0. The minimum absolute atomic E-state index is 0.0501. The minimum Gasteiger partial charge on any atom is -0.506 e. The Morgan fingerprint density at radius 2 is 1.34 bits per heavy atom. The number of methoxy groups -OCH3 is 4. The first-order valence-electron chi connectivity index (χ1n) is 10.6. The van der Waals surface area contributed by atoms with Gasteiger partial charge in [-0.3, -0.25) is 4.79 Å². The van der Waals surface area contributed by atoms with Crippen molar-refractivity contribution in [1.82, 2.24) is 0 Å². The molecule has 0 saturated heterocycles. The molecule has 0 aliphatic rings. The van der Waals surface area contributed by atoms with E-state index in [1.807, 2.05) is 24.3 Å². The molecule has 3 aromatic rings. The molecule has 1 amide bonds. The number of hydrogen-bond acceptors (Lipinski definition) is 7. The average molecular weight is 477 g/mol. The van der Waals surface area contributed by atoms with Crippen LogP contribution in [0.2, 0.25) is 0 Å². The van der Waals surface area contributed by atoms with Gasteiger partial charge in [0, 0.05) is 6.08 Å². The largest absolute Gasteiger partial charge is 0.506 e. The van der Waals surface area contributed by atoms with E-state index in [0.717, 1.165) is 16.7 Å². The highest BCUT2D eigenvalue weighted by Gasteiger charge is 2.12. The topological polar surface area (TPSA) is 112 Å². The predicted molar refractivity (Wildman–Crippen MR) is 138 cm³/mol. The highest BCUT2D eigenvalue weighted by atomic mass is 16.5. The normalized spacial score (nSPS) is 11.0. The molecule has 8 heteroatoms. The molecule has 0 bridgehead atoms. The molecule has 0 saturated carbocycles. The Balaban J connectivity index is 1.77. The second kappa shape index (κ2) is 11.5. The van der Waals surface area contributed by atoms with E-state index in [-0.39, 0.29) is 11.4 Å². The van der Waals surface area contributed by atoms with Gasteiger partial charge >= 0.3 is 0 Å². The van der Waals surface area contributed by atoms with Crippen molar-refractivity contribution in [2.45, 2.75) is 0 Å². The molecule has 0 heterocycles. The van der Waals surface area contributed by atoms with E-state index >= 15 is 0 Å². The lowest BCUT2D eigenvalue weighted by Gasteiger charge is -2.12. The Hall–Kier alpha value is -4.59. The van der Waals surface area contributed by atoms with Crippen LogP contribution in [0.15, 0.2) is 54.6 Å². The smallest absolute Gasteiger partial charge is 0.248 e. The van der Waals surface area contributed by atoms with Crippen LogP contribution in [-0.4, -0.2) is 39.5 Å². The molecule has 0 aromatic heterocycles. The summed E-state index contributed by atoms with van der Waals surface area (Å²) in [4.78, 5) is 12.4. The Labute approximate surface area is 204 Å². The van der Waals surface area contributed by atoms with Gasteiger partial charge in [-0.25, -0.2) is 0 Å². The summed E-state index contributed by atoms with van der Waals surface area (Å²) < 4.78 is 21.3. The SMILES string of the molecule is COc1cc(/C=C/C(=O)Nc2cc(C=Cc3cc(OC)c(OC)c(OC)c3)ccc2O)ccc1N. The van der Waals surface area contributed by atoms with Crippen molar-refractivity contribution in [2.75, 3.05) is 39.5 Å². The number of nitrogen functional groups attached to an aromatic ring is 1. The van der Waals surface area contributed by atoms with Gasteiger partial charge in [0.2, 0.25) is 11.7 Å². The first kappa shape index (κ1) is 25.0. The number of amides is 1. The summed E-state index contributed by atoms with van der Waals surface area (Å²) in [5.41, 5.74) is 8.93. The number of hydrogen-bond donors (Lipinski definition) is 3. The van der Waals surface area contributed by atoms with Crippen LogP contribution in [0, 0.1) is 0 Å². The lowest BCUT2D eigenvalue weighted by Crippen LogP contribution is -2.08. The highest BCUT2D eigenvalue weighted by Crippen LogP contribution is 2.38. The molecule has 3 rings (SSSR count). The number of aromatic hydroxyl groups is 1. The fourth-order valence-electron chi connectivity index (χ4n) is 3.33. The van der Waals surface area contributed by atoms with Crippen LogP contribution in [-0.2, 0) is 4.79 Å². The molecule has 8 nitrogen and oxygen atoms in total. The van der Waals surface area contributed by atoms with E-state index in [4.69, 9.17) is 24.7 Å². The maximum absolute atomic E-state index is 12.4. The van der Waals surface area contributed by atoms with Crippen molar-refractivity contribution in [3.63, 3.8) is 0 Å². The number of carbonyl (C=O) groups is 1. The summed E-state index contributed by atoms with van der Waals surface area (Å²) in [6.07, 6.45) is 6.69. The van der Waals surface area contributed by atoms with Crippen molar-refractivity contribution >= 4 is 35.5 Å². The number of carbonyl (C=O) groups excluding carboxylic acids is 1. The molecule has 0 aliphatic heterocycles. The van der Waals surface area contributed by atoms with Gasteiger partial charge in [0.25, 0.3) is 0 Å². The number of anilines is 2. The molecule has 3 aromatic carbocycles. The number of nitrogens with two attached hydrogens (primary N) is 1. The molecule has 0 fully saturated rings. The van der Waals surface area contributed by atoms with E-state index in [2.05, 4.69) is 5.32 Å². The van der Waals surface area contributed by atoms with Crippen LogP contribution in [0.25, 0.3) is 18.2 Å². The highest BCUT2D eigenvalue weighted by molar-refractivity contribution is 6.03. The van der Waals surface area contributed by atoms with Crippen molar-refractivity contribution in [2.24, 2.45) is 0 Å². The summed E-state index contributed by atoms with van der Waals surface area (Å²) in [5.74, 6) is 1.66. The second-order valence-corrected chi connectivity index (χ2v) is 7.39. The second-order valence-electron chi connectivity index (χ2n) is 7.39. The van der Waals surface area contributed by atoms with Gasteiger partial charge < -0.3 is 35.1 Å². The molecule has 0 atom stereocenters. The van der Waals surface area contributed by atoms with Crippen molar-refractivity contribution in [1.29, 1.82) is 0 Å². The number of phenols is 1. The van der Waals surface area contributed by atoms with Crippen LogP contribution in [0.1, 0.15) is 16.7 Å². The van der Waals surface area contributed by atoms with Gasteiger partial charge in [-0.2, -0.15) is 0 Å². The number of benzene rings is 3. The van der Waals surface area contributed by atoms with Crippen LogP contribution in [0.4, 0.5) is 11.4 Å². The van der Waals surface area contributed by atoms with Gasteiger partial charge in [-0.15, -0.1) is 0 Å². The number of nitrogens with one attached hydrogen (secondary N) is 1. The summed E-state index contributed by atoms with van der Waals surface area (Å²) in [6, 6.07) is 13.7. The molecule has 0 aliphatic carbocycles. The van der Waals surface area contributed by atoms with Crippen LogP contribution in [0.3, 0.4) is 0 Å². The van der Waals surface area contributed by atoms with Crippen LogP contribution < -0.4 is 30.0 Å². The quantitative estimate of drug-likeness (QED) is 0.175. The van der Waals surface area contributed by atoms with Gasteiger partial charge in [-0.05, 0) is 59.2 Å². The fraction of sp³-hybridized carbons (Fsp3) is 0.148. The van der Waals surface area contributed by atoms with E-state index in [1.54, 1.807) is 57.7 Å². The summed E-state index contributed by atoms with van der Waals surface area (Å²) >= 11 is 0. The maximum Gasteiger partial charge on any atom is 0.248 e. The zero-order valence-electron chi connectivity index (χ0n) is 20.0. The van der Waals surface area contributed by atoms with Crippen LogP contribution in [0.5, 0.6) is 28.7 Å². The third-order valence-electron chi connectivity index (χ3n) is 5.12. The van der Waals surface area contributed by atoms with E-state index in [0.29, 0.717) is 28.7 Å². The third kappa shape index (κ3) is 6.26. The Kier molecular flexibility index (Phi) is 8.24. The van der Waals surface area contributed by atoms with Gasteiger partial charge in [0.05, 0.1) is 39.8 Å². The van der Waals surface area contributed by atoms with E-state index in [9.17, 15) is 9.90 Å². The first-order valence-corrected chi connectivity index (χ1v) is 10.6. The lowest BCUT2D eigenvalue weighted by molar-refractivity contribution is -0.111. The van der Waals surface area contributed by atoms with Crippen LogP contribution >= 0.6 is 0 Å². The molecule has 0 unspecified atom stereocenters. The molecule has 4 N–H and O–H groups in total. The summed E-state index contributed by atoms with van der Waals surface area (Å²) in [7, 11) is 6.18. The third-order valence-corrected chi connectivity index (χ3v) is 5.12. The summed E-state index contributed by atoms with van der Waals surface area (Å²) in [5, 5.41) is 12.9. The molecule has 0 spiro atoms. The van der Waals surface area contributed by atoms with Gasteiger partial charge in [0.15, 0.2) is 11.5 Å². The number of phenolic OH excluding ortho intramolecular Hbond substituents is 1. The Morgan fingerprint density at radius 1 is 0.771 bits per heavy atom. The maximum atomic E-state index is 12.4. The predicted octanol–water partition coefficient (Wildman–Crippen LogP) is 4.83. The molecule has 0 radical (unpaired) electrons. The lowest BCUT2D eigenvalue weighted by atomic mass is 10.1. The number of rotatable bonds is 9. The minimum atomic E-state index is -0.401. The standard InChI is InChI=1S/C27H28N2O6/c1-32-23-14-18(7-10-20(23)28)9-12-26(31)29-21-13-17(8-11-22(21)30)5-6-19-15-24(33-2)27(35-4)25(16-19)34-3/h5-16,30H,28H2,1-4H3,(H,29,31)/b6-5?,12-9+. The van der Waals surface area contributed by atoms with E-state index in [1.165, 1.54) is 19.3 Å². The molecule has 182 valence electrons. The molecular formula is C27H28N2O6. The van der Waals surface area contributed by atoms with Gasteiger partial charge in [0.1, 0.15) is 11.5 Å². The van der Waals surface area contributed by atoms with Crippen molar-refractivity contribution < 1.29 is 28.8 Å². The first-order chi connectivity index (χ1) is 16.9. The Bertz CT molecular complexity index is 1240. The fourth-order valence-corrected chi connectivity index (χ4v) is 3.33. The Morgan fingerprint density at radius 3 is 1.97 bits per heavy atom. The zero-order chi connectivity index (χ0) is 25.4.